The molecule has 0 radical (unpaired) electrons. The first kappa shape index (κ1) is 15.1. The van der Waals surface area contributed by atoms with Crippen molar-refractivity contribution in [2.75, 3.05) is 0 Å². The minimum Gasteiger partial charge on any atom is -0.393 e. The van der Waals surface area contributed by atoms with Crippen molar-refractivity contribution in [2.24, 2.45) is 28.6 Å². The number of aliphatic hydroxyl groups is 2. The molecular formula is C19H30O3. The van der Waals surface area contributed by atoms with Crippen molar-refractivity contribution in [1.29, 1.82) is 0 Å². The standard InChI is InChI=1S/C19H30O3/c1-17-9-10-19(22)15(14(17)5-6-16(17)21)4-3-12-11-13(20)7-8-18(12,19)2/h12-15,20,22H,3-11H2,1-2H3/t12-,13-,14-,15-,17-,18-,19+/m0/s1. The van der Waals surface area contributed by atoms with Gasteiger partial charge in [-0.25, -0.2) is 0 Å². The fraction of sp³-hybridized carbons (Fsp3) is 0.947. The third-order valence-corrected chi connectivity index (χ3v) is 8.53. The van der Waals surface area contributed by atoms with Crippen LogP contribution in [-0.2, 0) is 4.79 Å². The molecular weight excluding hydrogens is 276 g/mol. The first-order valence-corrected chi connectivity index (χ1v) is 9.25. The normalized spacial score (nSPS) is 57.9. The molecule has 7 atom stereocenters. The molecule has 4 aliphatic carbocycles. The third kappa shape index (κ3) is 1.67. The summed E-state index contributed by atoms with van der Waals surface area (Å²) >= 11 is 0. The van der Waals surface area contributed by atoms with Gasteiger partial charge in [0.05, 0.1) is 11.7 Å². The van der Waals surface area contributed by atoms with Gasteiger partial charge >= 0.3 is 0 Å². The van der Waals surface area contributed by atoms with Crippen LogP contribution in [0.1, 0.15) is 71.6 Å². The van der Waals surface area contributed by atoms with Crippen LogP contribution in [0.25, 0.3) is 0 Å². The average Bonchev–Trinajstić information content (AvgIpc) is 2.77. The molecule has 4 saturated carbocycles. The van der Waals surface area contributed by atoms with E-state index in [-0.39, 0.29) is 22.9 Å². The lowest BCUT2D eigenvalue weighted by molar-refractivity contribution is -0.236. The second-order valence-corrected chi connectivity index (χ2v) is 9.14. The second kappa shape index (κ2) is 4.57. The summed E-state index contributed by atoms with van der Waals surface area (Å²) in [7, 11) is 0. The highest BCUT2D eigenvalue weighted by Crippen LogP contribution is 2.67. The Morgan fingerprint density at radius 3 is 2.55 bits per heavy atom. The summed E-state index contributed by atoms with van der Waals surface area (Å²) in [6, 6.07) is 0. The van der Waals surface area contributed by atoms with Crippen LogP contribution in [0.4, 0.5) is 0 Å². The number of aliphatic hydroxyl groups excluding tert-OH is 1. The van der Waals surface area contributed by atoms with Crippen LogP contribution < -0.4 is 0 Å². The highest BCUT2D eigenvalue weighted by molar-refractivity contribution is 5.87. The van der Waals surface area contributed by atoms with E-state index < -0.39 is 5.60 Å². The van der Waals surface area contributed by atoms with Crippen LogP contribution in [0.2, 0.25) is 0 Å². The number of fused-ring (bicyclic) bond motifs is 5. The predicted molar refractivity (Wildman–Crippen MR) is 84.2 cm³/mol. The summed E-state index contributed by atoms with van der Waals surface area (Å²) in [4.78, 5) is 12.4. The predicted octanol–water partition coefficient (Wildman–Crippen LogP) is 3.07. The summed E-state index contributed by atoms with van der Waals surface area (Å²) in [6.07, 6.45) is 7.91. The van der Waals surface area contributed by atoms with E-state index in [1.807, 2.05) is 0 Å². The lowest BCUT2D eigenvalue weighted by Crippen LogP contribution is -2.65. The maximum Gasteiger partial charge on any atom is 0.139 e. The van der Waals surface area contributed by atoms with E-state index in [4.69, 9.17) is 0 Å². The van der Waals surface area contributed by atoms with Crippen LogP contribution >= 0.6 is 0 Å². The van der Waals surface area contributed by atoms with Gasteiger partial charge in [0.1, 0.15) is 5.78 Å². The largest absolute Gasteiger partial charge is 0.393 e. The molecule has 0 unspecified atom stereocenters. The summed E-state index contributed by atoms with van der Waals surface area (Å²) in [5, 5.41) is 21.8. The van der Waals surface area contributed by atoms with Gasteiger partial charge in [0.15, 0.2) is 0 Å². The lowest BCUT2D eigenvalue weighted by atomic mass is 9.43. The minimum absolute atomic E-state index is 0.0673. The van der Waals surface area contributed by atoms with Gasteiger partial charge in [0.2, 0.25) is 0 Å². The van der Waals surface area contributed by atoms with Crippen LogP contribution in [0.3, 0.4) is 0 Å². The van der Waals surface area contributed by atoms with Crippen molar-refractivity contribution in [3.63, 3.8) is 0 Å². The highest BCUT2D eigenvalue weighted by Gasteiger charge is 2.66. The van der Waals surface area contributed by atoms with Crippen molar-refractivity contribution in [3.8, 4) is 0 Å². The molecule has 2 N–H and O–H groups in total. The van der Waals surface area contributed by atoms with Crippen molar-refractivity contribution in [1.82, 2.24) is 0 Å². The van der Waals surface area contributed by atoms with E-state index in [1.165, 1.54) is 0 Å². The first-order valence-electron chi connectivity index (χ1n) is 9.25. The molecule has 0 aromatic heterocycles. The molecule has 0 aromatic rings. The number of ketones is 1. The van der Waals surface area contributed by atoms with Crippen LogP contribution in [0, 0.1) is 28.6 Å². The van der Waals surface area contributed by atoms with Crippen LogP contribution in [0.15, 0.2) is 0 Å². The van der Waals surface area contributed by atoms with Crippen molar-refractivity contribution in [2.45, 2.75) is 83.3 Å². The molecule has 0 saturated heterocycles. The van der Waals surface area contributed by atoms with Crippen LogP contribution in [-0.4, -0.2) is 27.7 Å². The number of carbonyl (C=O) groups is 1. The smallest absolute Gasteiger partial charge is 0.139 e. The van der Waals surface area contributed by atoms with Gasteiger partial charge in [-0.3, -0.25) is 4.79 Å². The lowest BCUT2D eigenvalue weighted by Gasteiger charge is -2.64. The van der Waals surface area contributed by atoms with E-state index in [0.717, 1.165) is 51.4 Å². The van der Waals surface area contributed by atoms with Crippen molar-refractivity contribution >= 4 is 5.78 Å². The molecule has 4 aliphatic rings. The zero-order chi connectivity index (χ0) is 15.8. The molecule has 0 heterocycles. The number of carbonyl (C=O) groups excluding carboxylic acids is 1. The van der Waals surface area contributed by atoms with Crippen LogP contribution in [0.5, 0.6) is 0 Å². The van der Waals surface area contributed by atoms with E-state index in [1.54, 1.807) is 0 Å². The Hall–Kier alpha value is -0.410. The van der Waals surface area contributed by atoms with Crippen molar-refractivity contribution in [3.05, 3.63) is 0 Å². The zero-order valence-electron chi connectivity index (χ0n) is 14.0. The summed E-state index contributed by atoms with van der Waals surface area (Å²) in [6.45, 7) is 4.43. The molecule has 4 fully saturated rings. The quantitative estimate of drug-likeness (QED) is 0.723. The Bertz CT molecular complexity index is 503. The number of hydrogen-bond donors (Lipinski definition) is 2. The molecule has 3 heteroatoms. The first-order chi connectivity index (χ1) is 10.3. The summed E-state index contributed by atoms with van der Waals surface area (Å²) in [5.74, 6) is 1.54. The van der Waals surface area contributed by atoms with Gasteiger partial charge in [-0.2, -0.15) is 0 Å². The summed E-state index contributed by atoms with van der Waals surface area (Å²) < 4.78 is 0. The van der Waals surface area contributed by atoms with Gasteiger partial charge in [-0.1, -0.05) is 13.8 Å². The van der Waals surface area contributed by atoms with E-state index in [0.29, 0.717) is 24.0 Å². The molecule has 0 aliphatic heterocycles. The Morgan fingerprint density at radius 2 is 1.77 bits per heavy atom. The maximum absolute atomic E-state index is 12.4. The Balaban J connectivity index is 1.71. The van der Waals surface area contributed by atoms with Gasteiger partial charge < -0.3 is 10.2 Å². The van der Waals surface area contributed by atoms with E-state index in [9.17, 15) is 15.0 Å². The number of hydrogen-bond acceptors (Lipinski definition) is 3. The van der Waals surface area contributed by atoms with Gasteiger partial charge in [-0.15, -0.1) is 0 Å². The summed E-state index contributed by atoms with van der Waals surface area (Å²) in [5.41, 5.74) is -0.860. The SMILES string of the molecule is C[C@]12CC[C@H](O)C[C@@H]1CC[C@H]1[C@@H]3CCC(=O)[C@@]3(C)CC[C@@]12O. The Labute approximate surface area is 133 Å². The van der Waals surface area contributed by atoms with Gasteiger partial charge in [0, 0.05) is 11.8 Å². The molecule has 0 aromatic carbocycles. The minimum atomic E-state index is -0.620. The zero-order valence-corrected chi connectivity index (χ0v) is 14.0. The van der Waals surface area contributed by atoms with Crippen molar-refractivity contribution < 1.29 is 15.0 Å². The Kier molecular flexibility index (Phi) is 3.14. The van der Waals surface area contributed by atoms with E-state index in [2.05, 4.69) is 13.8 Å². The Morgan fingerprint density at radius 1 is 1.00 bits per heavy atom. The fourth-order valence-electron chi connectivity index (χ4n) is 6.95. The second-order valence-electron chi connectivity index (χ2n) is 9.14. The molecule has 4 rings (SSSR count). The topological polar surface area (TPSA) is 57.5 Å². The highest BCUT2D eigenvalue weighted by atomic mass is 16.3. The molecule has 0 spiro atoms. The fourth-order valence-corrected chi connectivity index (χ4v) is 6.95. The maximum atomic E-state index is 12.4. The monoisotopic (exact) mass is 306 g/mol. The van der Waals surface area contributed by atoms with Gasteiger partial charge in [-0.05, 0) is 74.5 Å². The third-order valence-electron chi connectivity index (χ3n) is 8.53. The molecule has 22 heavy (non-hydrogen) atoms. The molecule has 3 nitrogen and oxygen atoms in total. The molecule has 0 amide bonds. The number of rotatable bonds is 0. The van der Waals surface area contributed by atoms with E-state index >= 15 is 0 Å². The molecule has 0 bridgehead atoms. The molecule has 124 valence electrons. The van der Waals surface area contributed by atoms with Gasteiger partial charge in [0.25, 0.3) is 0 Å². The average molecular weight is 306 g/mol. The number of Topliss-reactive ketones (excluding diaryl/α,β-unsaturated/α-hetero) is 1.